The molecule has 2 aliphatic heterocycles. The molecule has 1 unspecified atom stereocenters. The van der Waals surface area contributed by atoms with Crippen molar-refractivity contribution >= 4 is 11.8 Å². The zero-order valence-electron chi connectivity index (χ0n) is 21.9. The van der Waals surface area contributed by atoms with Gasteiger partial charge in [-0.1, -0.05) is 33.8 Å². The number of rotatable bonds is 6. The molecule has 0 saturated carbocycles. The summed E-state index contributed by atoms with van der Waals surface area (Å²) in [7, 11) is 0. The fourth-order valence-corrected chi connectivity index (χ4v) is 5.07. The molecular weight excluding hydrogens is 502 g/mol. The van der Waals surface area contributed by atoms with Gasteiger partial charge in [0, 0.05) is 40.4 Å². The van der Waals surface area contributed by atoms with Crippen LogP contribution in [-0.4, -0.2) is 47.0 Å². The Balaban J connectivity index is 1.60. The monoisotopic (exact) mass is 535 g/mol. The number of amides is 2. The molecule has 206 valence electrons. The maximum atomic E-state index is 14.9. The Morgan fingerprint density at radius 2 is 1.84 bits per heavy atom. The summed E-state index contributed by atoms with van der Waals surface area (Å²) in [6.07, 6.45) is -1.39. The zero-order chi connectivity index (χ0) is 27.8. The van der Waals surface area contributed by atoms with E-state index in [9.17, 15) is 27.2 Å². The first-order chi connectivity index (χ1) is 17.8. The second-order valence-corrected chi connectivity index (χ2v) is 11.1. The van der Waals surface area contributed by atoms with Gasteiger partial charge in [-0.25, -0.2) is 4.39 Å². The normalized spacial score (nSPS) is 21.2. The van der Waals surface area contributed by atoms with Crippen LogP contribution in [0.25, 0.3) is 0 Å². The first-order valence-corrected chi connectivity index (χ1v) is 12.8. The molecule has 38 heavy (non-hydrogen) atoms. The van der Waals surface area contributed by atoms with Gasteiger partial charge < -0.3 is 15.0 Å². The van der Waals surface area contributed by atoms with Crippen LogP contribution in [0.4, 0.5) is 17.6 Å². The number of halogens is 4. The molecule has 2 saturated heterocycles. The molecule has 0 bridgehead atoms. The van der Waals surface area contributed by atoms with Crippen molar-refractivity contribution in [2.45, 2.75) is 76.7 Å². The van der Waals surface area contributed by atoms with Gasteiger partial charge in [-0.05, 0) is 43.5 Å². The number of ether oxygens (including phenoxy) is 1. The summed E-state index contributed by atoms with van der Waals surface area (Å²) in [5.74, 6) is -2.09. The van der Waals surface area contributed by atoms with E-state index in [-0.39, 0.29) is 42.1 Å². The molecule has 3 heterocycles. The highest BCUT2D eigenvalue weighted by Crippen LogP contribution is 2.36. The molecule has 1 aromatic heterocycles. The predicted molar refractivity (Wildman–Crippen MR) is 133 cm³/mol. The van der Waals surface area contributed by atoms with Crippen molar-refractivity contribution in [3.05, 3.63) is 64.7 Å². The van der Waals surface area contributed by atoms with E-state index >= 15 is 0 Å². The largest absolute Gasteiger partial charge is 0.416 e. The number of hydrogen-bond acceptors (Lipinski definition) is 4. The standard InChI is InChI=1S/C28H33F4N3O3/c1-5-19-7-9-22(35(19)26(37)16-10-11-33-23(12-16)27(2,3)4)25(36)34-24(17-14-38-15-17)20-8-6-18(13-21(20)29)28(30,31)32/h6,8,10-13,17,19,22,24H,5,7,9,14-15H2,1-4H3,(H,34,36)/t19-,22-,24?/m1/s1. The lowest BCUT2D eigenvalue weighted by atomic mass is 9.90. The second kappa shape index (κ2) is 10.6. The van der Waals surface area contributed by atoms with E-state index in [1.165, 1.54) is 0 Å². The van der Waals surface area contributed by atoms with Crippen molar-refractivity contribution in [3.63, 3.8) is 0 Å². The Kier molecular flexibility index (Phi) is 7.84. The highest BCUT2D eigenvalue weighted by atomic mass is 19.4. The maximum absolute atomic E-state index is 14.9. The van der Waals surface area contributed by atoms with Crippen LogP contribution in [0.2, 0.25) is 0 Å². The Hall–Kier alpha value is -3.01. The van der Waals surface area contributed by atoms with Crippen molar-refractivity contribution < 1.29 is 31.9 Å². The molecule has 6 nitrogen and oxygen atoms in total. The Labute approximate surface area is 219 Å². The molecule has 1 aromatic carbocycles. The van der Waals surface area contributed by atoms with Gasteiger partial charge in [-0.2, -0.15) is 13.2 Å². The molecule has 2 aliphatic rings. The third kappa shape index (κ3) is 5.70. The van der Waals surface area contributed by atoms with Crippen LogP contribution < -0.4 is 5.32 Å². The van der Waals surface area contributed by atoms with Crippen molar-refractivity contribution in [3.8, 4) is 0 Å². The first kappa shape index (κ1) is 28.0. The van der Waals surface area contributed by atoms with Gasteiger partial charge in [0.25, 0.3) is 5.91 Å². The average Bonchev–Trinajstić information content (AvgIpc) is 3.25. The van der Waals surface area contributed by atoms with Crippen LogP contribution in [-0.2, 0) is 21.1 Å². The molecule has 0 spiro atoms. The van der Waals surface area contributed by atoms with E-state index in [0.717, 1.165) is 17.8 Å². The predicted octanol–water partition coefficient (Wildman–Crippen LogP) is 5.42. The molecule has 3 atom stereocenters. The van der Waals surface area contributed by atoms with E-state index in [2.05, 4.69) is 10.3 Å². The summed E-state index contributed by atoms with van der Waals surface area (Å²) in [6, 6.07) is 3.87. The van der Waals surface area contributed by atoms with Gasteiger partial charge in [0.1, 0.15) is 11.9 Å². The fraction of sp³-hybridized carbons (Fsp3) is 0.536. The summed E-state index contributed by atoms with van der Waals surface area (Å²) in [5, 5.41) is 2.85. The fourth-order valence-electron chi connectivity index (χ4n) is 5.07. The third-order valence-electron chi connectivity index (χ3n) is 7.38. The lowest BCUT2D eigenvalue weighted by molar-refractivity contribution is -0.138. The van der Waals surface area contributed by atoms with Crippen molar-refractivity contribution in [2.24, 2.45) is 5.92 Å². The second-order valence-electron chi connectivity index (χ2n) is 11.1. The van der Waals surface area contributed by atoms with Crippen LogP contribution in [0.3, 0.4) is 0 Å². The molecule has 2 fully saturated rings. The SMILES string of the molecule is CC[C@@H]1CC[C@H](C(=O)NC(c2ccc(C(F)(F)F)cc2F)C2COC2)N1C(=O)c1ccnc(C(C)(C)C)c1. The molecule has 2 amide bonds. The smallest absolute Gasteiger partial charge is 0.381 e. The zero-order valence-corrected chi connectivity index (χ0v) is 21.9. The first-order valence-electron chi connectivity index (χ1n) is 12.8. The Bertz CT molecular complexity index is 1190. The van der Waals surface area contributed by atoms with E-state index in [4.69, 9.17) is 4.74 Å². The third-order valence-corrected chi connectivity index (χ3v) is 7.38. The van der Waals surface area contributed by atoms with Gasteiger partial charge in [0.05, 0.1) is 24.8 Å². The lowest BCUT2D eigenvalue weighted by Gasteiger charge is -2.36. The van der Waals surface area contributed by atoms with Crippen molar-refractivity contribution in [1.29, 1.82) is 0 Å². The van der Waals surface area contributed by atoms with Gasteiger partial charge in [0.15, 0.2) is 0 Å². The quantitative estimate of drug-likeness (QED) is 0.502. The van der Waals surface area contributed by atoms with Crippen LogP contribution in [0, 0.1) is 11.7 Å². The molecule has 2 aromatic rings. The summed E-state index contributed by atoms with van der Waals surface area (Å²) in [5.41, 5.74) is -0.225. The van der Waals surface area contributed by atoms with Gasteiger partial charge in [0.2, 0.25) is 5.91 Å². The van der Waals surface area contributed by atoms with Crippen molar-refractivity contribution in [1.82, 2.24) is 15.2 Å². The average molecular weight is 536 g/mol. The van der Waals surface area contributed by atoms with Crippen molar-refractivity contribution in [2.75, 3.05) is 13.2 Å². The molecular formula is C28H33F4N3O3. The van der Waals surface area contributed by atoms with E-state index in [1.807, 2.05) is 27.7 Å². The van der Waals surface area contributed by atoms with E-state index in [1.54, 1.807) is 23.2 Å². The number of aromatic nitrogens is 1. The molecule has 0 radical (unpaired) electrons. The minimum Gasteiger partial charge on any atom is -0.381 e. The lowest BCUT2D eigenvalue weighted by Crippen LogP contribution is -2.52. The highest BCUT2D eigenvalue weighted by molar-refractivity contribution is 5.98. The summed E-state index contributed by atoms with van der Waals surface area (Å²) in [6.45, 7) is 8.41. The number of hydrogen-bond donors (Lipinski definition) is 1. The molecule has 1 N–H and O–H groups in total. The maximum Gasteiger partial charge on any atom is 0.416 e. The number of likely N-dealkylation sites (tertiary alicyclic amines) is 1. The van der Waals surface area contributed by atoms with Gasteiger partial charge in [-0.3, -0.25) is 14.6 Å². The number of carbonyl (C=O) groups excluding carboxylic acids is 2. The van der Waals surface area contributed by atoms with E-state index < -0.39 is 35.5 Å². The minimum absolute atomic E-state index is 0.0356. The molecule has 4 rings (SSSR count). The Morgan fingerprint density at radius 3 is 2.39 bits per heavy atom. The topological polar surface area (TPSA) is 71.5 Å². The van der Waals surface area contributed by atoms with Gasteiger partial charge >= 0.3 is 6.18 Å². The minimum atomic E-state index is -4.68. The van der Waals surface area contributed by atoms with Crippen LogP contribution in [0.5, 0.6) is 0 Å². The Morgan fingerprint density at radius 1 is 1.13 bits per heavy atom. The summed E-state index contributed by atoms with van der Waals surface area (Å²) < 4.78 is 59.3. The number of benzene rings is 1. The number of nitrogens with one attached hydrogen (secondary N) is 1. The number of pyridine rings is 1. The summed E-state index contributed by atoms with van der Waals surface area (Å²) >= 11 is 0. The van der Waals surface area contributed by atoms with E-state index in [0.29, 0.717) is 30.9 Å². The number of nitrogens with zero attached hydrogens (tertiary/aromatic N) is 2. The molecule has 10 heteroatoms. The number of alkyl halides is 3. The van der Waals surface area contributed by atoms with Crippen LogP contribution >= 0.6 is 0 Å². The van der Waals surface area contributed by atoms with Crippen LogP contribution in [0.15, 0.2) is 36.5 Å². The summed E-state index contributed by atoms with van der Waals surface area (Å²) in [4.78, 5) is 33.2. The van der Waals surface area contributed by atoms with Crippen LogP contribution in [0.1, 0.15) is 80.2 Å². The van der Waals surface area contributed by atoms with Gasteiger partial charge in [-0.15, -0.1) is 0 Å². The highest BCUT2D eigenvalue weighted by Gasteiger charge is 2.43. The molecule has 0 aliphatic carbocycles. The number of carbonyl (C=O) groups is 2.